The summed E-state index contributed by atoms with van der Waals surface area (Å²) in [6, 6.07) is 75.5. The highest BCUT2D eigenvalue weighted by Gasteiger charge is 2.25. The van der Waals surface area contributed by atoms with Gasteiger partial charge in [-0.05, 0) is 83.6 Å². The van der Waals surface area contributed by atoms with Crippen LogP contribution in [0.5, 0.6) is 0 Å². The first kappa shape index (κ1) is 37.3. The van der Waals surface area contributed by atoms with E-state index in [-0.39, 0.29) is 0 Å². The zero-order valence-corrected chi connectivity index (χ0v) is 37.1. The molecule has 0 spiro atoms. The number of hydrogen-bond acceptors (Lipinski definition) is 5. The molecule has 0 aliphatic heterocycles. The Morgan fingerprint density at radius 2 is 0.941 bits per heavy atom. The molecule has 68 heavy (non-hydrogen) atoms. The van der Waals surface area contributed by atoms with E-state index in [2.05, 4.69) is 209 Å². The number of fused-ring (bicyclic) bond motifs is 13. The van der Waals surface area contributed by atoms with E-state index in [9.17, 15) is 0 Å². The van der Waals surface area contributed by atoms with Gasteiger partial charge in [-0.1, -0.05) is 140 Å². The first-order chi connectivity index (χ1) is 33.7. The minimum Gasteiger partial charge on any atom is -0.456 e. The fourth-order valence-corrected chi connectivity index (χ4v) is 12.0. The fourth-order valence-electron chi connectivity index (χ4n) is 10.7. The van der Waals surface area contributed by atoms with Crippen LogP contribution in [0.15, 0.2) is 217 Å². The maximum atomic E-state index is 6.71. The van der Waals surface area contributed by atoms with E-state index in [4.69, 9.17) is 19.4 Å². The summed E-state index contributed by atoms with van der Waals surface area (Å²) in [5.74, 6) is 1.73. The van der Waals surface area contributed by atoms with Crippen molar-refractivity contribution in [1.82, 2.24) is 24.1 Å². The maximum absolute atomic E-state index is 6.71. The third kappa shape index (κ3) is 5.42. The van der Waals surface area contributed by atoms with Gasteiger partial charge in [-0.2, -0.15) is 0 Å². The molecule has 0 atom stereocenters. The number of thiophene rings is 1. The predicted octanol–water partition coefficient (Wildman–Crippen LogP) is 16.5. The van der Waals surface area contributed by atoms with Gasteiger partial charge in [0.1, 0.15) is 11.2 Å². The largest absolute Gasteiger partial charge is 0.456 e. The first-order valence-corrected chi connectivity index (χ1v) is 23.7. The van der Waals surface area contributed by atoms with E-state index >= 15 is 0 Å². The van der Waals surface area contributed by atoms with Gasteiger partial charge < -0.3 is 13.6 Å². The molecular weight excluding hydrogens is 851 g/mol. The van der Waals surface area contributed by atoms with E-state index in [0.29, 0.717) is 17.5 Å². The second kappa shape index (κ2) is 14.3. The van der Waals surface area contributed by atoms with Gasteiger partial charge in [0.15, 0.2) is 17.5 Å². The molecule has 0 radical (unpaired) electrons. The lowest BCUT2D eigenvalue weighted by molar-refractivity contribution is 0.669. The van der Waals surface area contributed by atoms with E-state index in [0.717, 1.165) is 87.5 Å². The molecule has 0 amide bonds. The Morgan fingerprint density at radius 1 is 0.353 bits per heavy atom. The van der Waals surface area contributed by atoms with Gasteiger partial charge in [0.05, 0.1) is 27.8 Å². The standard InChI is InChI=1S/C61H35N5OS/c1-2-18-38(19-3-1)65-50-28-10-6-20-39(50)43-24-14-26-45(57(43)65)59-62-60(46-27-15-25-44-42-23-9-13-31-56(42)68-58(44)46)64-61(63-59)49-35-55-48(41-22-8-12-30-54(41)67-55)34-53(49)66-51-29-11-7-21-40(51)47-32-36-16-4-5-17-37(36)33-52(47)66/h1-35H. The Hall–Kier alpha value is -8.91. The number of para-hydroxylation sites is 5. The van der Waals surface area contributed by atoms with Crippen LogP contribution in [-0.2, 0) is 0 Å². The smallest absolute Gasteiger partial charge is 0.166 e. The van der Waals surface area contributed by atoms with Crippen molar-refractivity contribution in [3.63, 3.8) is 0 Å². The lowest BCUT2D eigenvalue weighted by atomic mass is 10.0. The second-order valence-corrected chi connectivity index (χ2v) is 18.6. The molecule has 0 unspecified atom stereocenters. The Labute approximate surface area is 392 Å². The first-order valence-electron chi connectivity index (χ1n) is 22.8. The summed E-state index contributed by atoms with van der Waals surface area (Å²) in [6.45, 7) is 0. The third-order valence-corrected chi connectivity index (χ3v) is 15.0. The molecule has 0 fully saturated rings. The van der Waals surface area contributed by atoms with Crippen LogP contribution in [0, 0.1) is 0 Å². The Kier molecular flexibility index (Phi) is 7.85. The van der Waals surface area contributed by atoms with E-state index in [1.165, 1.54) is 37.0 Å². The van der Waals surface area contributed by atoms with E-state index in [1.54, 1.807) is 11.3 Å². The minimum absolute atomic E-state index is 0.548. The second-order valence-electron chi connectivity index (χ2n) is 17.5. The van der Waals surface area contributed by atoms with Crippen LogP contribution in [0.25, 0.3) is 142 Å². The van der Waals surface area contributed by atoms with E-state index < -0.39 is 0 Å². The predicted molar refractivity (Wildman–Crippen MR) is 282 cm³/mol. The normalized spacial score (nSPS) is 12.1. The number of rotatable bonds is 5. The zero-order chi connectivity index (χ0) is 44.5. The van der Waals surface area contributed by atoms with Crippen molar-refractivity contribution in [2.24, 2.45) is 0 Å². The summed E-state index contributed by atoms with van der Waals surface area (Å²) in [7, 11) is 0. The van der Waals surface area contributed by atoms with Crippen molar-refractivity contribution in [1.29, 1.82) is 0 Å². The van der Waals surface area contributed by atoms with Crippen molar-refractivity contribution in [2.75, 3.05) is 0 Å². The van der Waals surface area contributed by atoms with Gasteiger partial charge in [0.25, 0.3) is 0 Å². The highest BCUT2D eigenvalue weighted by Crippen LogP contribution is 2.45. The third-order valence-electron chi connectivity index (χ3n) is 13.7. The molecule has 0 N–H and O–H groups in total. The van der Waals surface area contributed by atoms with Crippen LogP contribution in [0.1, 0.15) is 0 Å². The summed E-state index contributed by atoms with van der Waals surface area (Å²) in [4.78, 5) is 16.8. The van der Waals surface area contributed by atoms with Crippen LogP contribution >= 0.6 is 11.3 Å². The van der Waals surface area contributed by atoms with Gasteiger partial charge in [-0.15, -0.1) is 11.3 Å². The quantitative estimate of drug-likeness (QED) is 0.173. The summed E-state index contributed by atoms with van der Waals surface area (Å²) >= 11 is 1.78. The monoisotopic (exact) mass is 885 g/mol. The number of hydrogen-bond donors (Lipinski definition) is 0. The van der Waals surface area contributed by atoms with Gasteiger partial charge in [0, 0.05) is 74.9 Å². The summed E-state index contributed by atoms with van der Waals surface area (Å²) in [5, 5.41) is 11.5. The van der Waals surface area contributed by atoms with Crippen molar-refractivity contribution < 1.29 is 4.42 Å². The number of furan rings is 1. The highest BCUT2D eigenvalue weighted by atomic mass is 32.1. The van der Waals surface area contributed by atoms with Crippen LogP contribution < -0.4 is 0 Å². The molecule has 0 aliphatic carbocycles. The molecule has 7 heteroatoms. The molecular formula is C61H35N5OS. The number of nitrogens with zero attached hydrogens (tertiary/aromatic N) is 5. The number of aromatic nitrogens is 5. The molecule has 15 aromatic rings. The molecule has 0 saturated carbocycles. The average Bonchev–Trinajstić information content (AvgIpc) is 4.15. The Balaban J connectivity index is 1.09. The molecule has 0 bridgehead atoms. The van der Waals surface area contributed by atoms with Crippen LogP contribution in [0.2, 0.25) is 0 Å². The molecule has 0 aliphatic rings. The maximum Gasteiger partial charge on any atom is 0.166 e. The van der Waals surface area contributed by atoms with Gasteiger partial charge in [-0.25, -0.2) is 15.0 Å². The molecule has 15 rings (SSSR count). The van der Waals surface area contributed by atoms with Crippen LogP contribution in [-0.4, -0.2) is 24.1 Å². The minimum atomic E-state index is 0.548. The lowest BCUT2D eigenvalue weighted by Crippen LogP contribution is -2.05. The topological polar surface area (TPSA) is 61.7 Å². The molecule has 0 saturated heterocycles. The van der Waals surface area contributed by atoms with Crippen LogP contribution in [0.4, 0.5) is 0 Å². The lowest BCUT2D eigenvalue weighted by Gasteiger charge is -2.16. The van der Waals surface area contributed by atoms with Crippen molar-refractivity contribution >= 4 is 108 Å². The van der Waals surface area contributed by atoms with Gasteiger partial charge in [-0.3, -0.25) is 0 Å². The van der Waals surface area contributed by atoms with Crippen molar-refractivity contribution in [3.05, 3.63) is 212 Å². The summed E-state index contributed by atoms with van der Waals surface area (Å²) in [5.41, 5.74) is 10.6. The Morgan fingerprint density at radius 3 is 1.75 bits per heavy atom. The van der Waals surface area contributed by atoms with Crippen LogP contribution in [0.3, 0.4) is 0 Å². The number of benzene rings is 10. The van der Waals surface area contributed by atoms with Gasteiger partial charge in [0.2, 0.25) is 0 Å². The summed E-state index contributed by atoms with van der Waals surface area (Å²) < 4.78 is 13.8. The average molecular weight is 886 g/mol. The molecule has 5 heterocycles. The van der Waals surface area contributed by atoms with Gasteiger partial charge >= 0.3 is 0 Å². The molecule has 316 valence electrons. The molecule has 6 nitrogen and oxygen atoms in total. The molecule has 5 aromatic heterocycles. The highest BCUT2D eigenvalue weighted by molar-refractivity contribution is 7.26. The van der Waals surface area contributed by atoms with Crippen molar-refractivity contribution in [2.45, 2.75) is 0 Å². The zero-order valence-electron chi connectivity index (χ0n) is 36.3. The molecule has 10 aromatic carbocycles. The summed E-state index contributed by atoms with van der Waals surface area (Å²) in [6.07, 6.45) is 0. The Bertz CT molecular complexity index is 4580. The SMILES string of the molecule is c1ccc(-n2c3ccccc3c3cccc(-c4nc(-c5cc6oc7ccccc7c6cc5-n5c6ccccc6c6cc7ccccc7cc65)nc(-c5cccc6c5sc5ccccc56)n4)c32)cc1. The fraction of sp³-hybridized carbons (Fsp3) is 0. The van der Waals surface area contributed by atoms with Crippen molar-refractivity contribution in [3.8, 4) is 45.5 Å². The van der Waals surface area contributed by atoms with E-state index in [1.807, 2.05) is 12.1 Å².